The van der Waals surface area contributed by atoms with E-state index in [4.69, 9.17) is 0 Å². The van der Waals surface area contributed by atoms with E-state index in [2.05, 4.69) is 144 Å². The maximum Gasteiger partial charge on any atom is -0.0114 e. The van der Waals surface area contributed by atoms with Gasteiger partial charge in [-0.05, 0) is 178 Å². The molecule has 0 aromatic heterocycles. The number of hydrogen-bond donors (Lipinski definition) is 0. The molecule has 4 atom stereocenters. The molecule has 0 aliphatic carbocycles. The van der Waals surface area contributed by atoms with Gasteiger partial charge in [-0.3, -0.25) is 0 Å². The molecule has 2 aliphatic rings. The van der Waals surface area contributed by atoms with Crippen LogP contribution in [0.15, 0.2) is 60.7 Å². The molecule has 4 aromatic rings. The van der Waals surface area contributed by atoms with E-state index in [0.717, 1.165) is 11.8 Å². The van der Waals surface area contributed by atoms with Gasteiger partial charge in [0.2, 0.25) is 0 Å². The molecule has 3 unspecified atom stereocenters. The lowest BCUT2D eigenvalue weighted by atomic mass is 9.89. The van der Waals surface area contributed by atoms with Crippen molar-refractivity contribution in [2.75, 3.05) is 37.0 Å². The van der Waals surface area contributed by atoms with Crippen LogP contribution < -0.4 is 0 Å². The van der Waals surface area contributed by atoms with Crippen molar-refractivity contribution < 1.29 is 0 Å². The second-order valence-corrected chi connectivity index (χ2v) is 20.7. The first kappa shape index (κ1) is 38.5. The van der Waals surface area contributed by atoms with Crippen molar-refractivity contribution in [1.29, 1.82) is 0 Å². The number of aryl methyl sites for hydroxylation is 12. The van der Waals surface area contributed by atoms with Crippen molar-refractivity contribution in [3.8, 4) is 0 Å². The molecule has 0 nitrogen and oxygen atoms in total. The second kappa shape index (κ2) is 17.6. The van der Waals surface area contributed by atoms with E-state index >= 15 is 0 Å². The summed E-state index contributed by atoms with van der Waals surface area (Å²) in [7, 11) is 0.549. The van der Waals surface area contributed by atoms with Crippen molar-refractivity contribution >= 4 is 15.8 Å². The fraction of sp³-hybridized carbons (Fsp3) is 0.478. The van der Waals surface area contributed by atoms with Crippen LogP contribution >= 0.6 is 15.8 Å². The third kappa shape index (κ3) is 11.1. The van der Waals surface area contributed by atoms with E-state index in [9.17, 15) is 0 Å². The second-order valence-electron chi connectivity index (χ2n) is 15.5. The highest BCUT2D eigenvalue weighted by Gasteiger charge is 2.31. The summed E-state index contributed by atoms with van der Waals surface area (Å²) in [6.07, 6.45) is 12.1. The molecular weight excluding hydrogens is 614 g/mol. The van der Waals surface area contributed by atoms with Crippen molar-refractivity contribution in [3.63, 3.8) is 0 Å². The van der Waals surface area contributed by atoms with E-state index in [0.29, 0.717) is 0 Å². The number of rotatable bonds is 5. The van der Waals surface area contributed by atoms with Crippen molar-refractivity contribution in [2.45, 2.75) is 108 Å². The van der Waals surface area contributed by atoms with Crippen molar-refractivity contribution in [2.24, 2.45) is 0 Å². The molecule has 2 fully saturated rings. The summed E-state index contributed by atoms with van der Waals surface area (Å²) in [4.78, 5) is 0. The van der Waals surface area contributed by atoms with Crippen LogP contribution in [-0.2, 0) is 0 Å². The fourth-order valence-corrected chi connectivity index (χ4v) is 15.7. The van der Waals surface area contributed by atoms with Gasteiger partial charge in [0.05, 0.1) is 0 Å². The smallest absolute Gasteiger partial charge is 0.0114 e. The minimum absolute atomic E-state index is 0.274. The minimum atomic E-state index is 0.274. The van der Waals surface area contributed by atoms with Gasteiger partial charge in [0, 0.05) is 0 Å². The molecule has 6 rings (SSSR count). The highest BCUT2D eigenvalue weighted by atomic mass is 31.1. The van der Waals surface area contributed by atoms with Gasteiger partial charge < -0.3 is 0 Å². The van der Waals surface area contributed by atoms with Crippen molar-refractivity contribution in [1.82, 2.24) is 0 Å². The average Bonchev–Trinajstić information content (AvgIpc) is 3.60. The SMILES string of the molecule is Cc1cc(C)c(C2CCP(CCP3CC[C@@H](c4c(C)cc(C)cc4C)C3)C2)c(C)c1.Cc1cc(C)cc(C)c1.Cc1cc(C)cc(C)c1. The Bertz CT molecular complexity index is 1410. The molecule has 0 bridgehead atoms. The van der Waals surface area contributed by atoms with Crippen LogP contribution in [0.4, 0.5) is 0 Å². The summed E-state index contributed by atoms with van der Waals surface area (Å²) in [5.74, 6) is 1.69. The van der Waals surface area contributed by atoms with Gasteiger partial charge in [0.1, 0.15) is 0 Å². The van der Waals surface area contributed by atoms with Gasteiger partial charge in [-0.2, -0.15) is 0 Å². The van der Waals surface area contributed by atoms with Crippen LogP contribution in [0.25, 0.3) is 0 Å². The van der Waals surface area contributed by atoms with E-state index in [1.54, 1.807) is 45.7 Å². The number of benzene rings is 4. The maximum absolute atomic E-state index is 2.40. The molecule has 2 saturated heterocycles. The zero-order valence-electron chi connectivity index (χ0n) is 32.5. The monoisotopic (exact) mass is 678 g/mol. The largest absolute Gasteiger partial charge is 0.106 e. The summed E-state index contributed by atoms with van der Waals surface area (Å²) in [5.41, 5.74) is 20.5. The predicted molar refractivity (Wildman–Crippen MR) is 220 cm³/mol. The Hall–Kier alpha value is -2.26. The summed E-state index contributed by atoms with van der Waals surface area (Å²) >= 11 is 0. The quantitative estimate of drug-likeness (QED) is 0.184. The lowest BCUT2D eigenvalue weighted by Gasteiger charge is -2.20. The maximum atomic E-state index is 2.40. The van der Waals surface area contributed by atoms with Crippen LogP contribution in [0.3, 0.4) is 0 Å². The summed E-state index contributed by atoms with van der Waals surface area (Å²) in [6.45, 7) is 26.6. The van der Waals surface area contributed by atoms with Crippen LogP contribution in [-0.4, -0.2) is 37.0 Å². The first-order valence-corrected chi connectivity index (χ1v) is 22.2. The van der Waals surface area contributed by atoms with Gasteiger partial charge in [-0.15, -0.1) is 15.8 Å². The first-order chi connectivity index (χ1) is 22.7. The predicted octanol–water partition coefficient (Wildman–Crippen LogP) is 13.4. The molecule has 2 heteroatoms. The lowest BCUT2D eigenvalue weighted by Crippen LogP contribution is -2.04. The van der Waals surface area contributed by atoms with E-state index in [1.165, 1.54) is 82.0 Å². The highest BCUT2D eigenvalue weighted by molar-refractivity contribution is 7.62. The molecule has 0 amide bonds. The third-order valence-corrected chi connectivity index (χ3v) is 16.1. The molecule has 48 heavy (non-hydrogen) atoms. The zero-order valence-corrected chi connectivity index (χ0v) is 34.3. The Morgan fingerprint density at radius 3 is 0.854 bits per heavy atom. The van der Waals surface area contributed by atoms with Crippen LogP contribution in [0.5, 0.6) is 0 Å². The van der Waals surface area contributed by atoms with E-state index in [-0.39, 0.29) is 15.8 Å². The third-order valence-electron chi connectivity index (χ3n) is 10.3. The first-order valence-electron chi connectivity index (χ1n) is 18.4. The molecule has 2 aliphatic heterocycles. The molecule has 0 spiro atoms. The molecule has 258 valence electrons. The Balaban J connectivity index is 0.000000234. The van der Waals surface area contributed by atoms with Crippen LogP contribution in [0.2, 0.25) is 0 Å². The molecule has 2 heterocycles. The molecule has 4 aromatic carbocycles. The number of hydrogen-bond acceptors (Lipinski definition) is 0. The van der Waals surface area contributed by atoms with Gasteiger partial charge in [0.15, 0.2) is 0 Å². The lowest BCUT2D eigenvalue weighted by molar-refractivity contribution is 0.768. The summed E-state index contributed by atoms with van der Waals surface area (Å²) in [5, 5.41) is 0. The Morgan fingerprint density at radius 1 is 0.375 bits per heavy atom. The highest BCUT2D eigenvalue weighted by Crippen LogP contribution is 2.56. The molecule has 0 radical (unpaired) electrons. The minimum Gasteiger partial charge on any atom is -0.106 e. The Labute approximate surface area is 298 Å². The van der Waals surface area contributed by atoms with Gasteiger partial charge >= 0.3 is 0 Å². The van der Waals surface area contributed by atoms with Gasteiger partial charge in [0.25, 0.3) is 0 Å². The van der Waals surface area contributed by atoms with E-state index in [1.807, 2.05) is 0 Å². The summed E-state index contributed by atoms with van der Waals surface area (Å²) < 4.78 is 0. The van der Waals surface area contributed by atoms with Crippen molar-refractivity contribution in [3.05, 3.63) is 139 Å². The average molecular weight is 679 g/mol. The Morgan fingerprint density at radius 2 is 0.604 bits per heavy atom. The van der Waals surface area contributed by atoms with Crippen LogP contribution in [0.1, 0.15) is 103 Å². The van der Waals surface area contributed by atoms with E-state index < -0.39 is 0 Å². The molecule has 0 N–H and O–H groups in total. The standard InChI is InChI=1S/C28H40P2.2C9H12/c1-19-13-21(3)27(22(4)14-19)25-7-9-29(17-25)11-12-30-10-8-26(18-30)28-23(5)15-20(2)16-24(28)6;2*1-7-4-8(2)6-9(3)5-7/h13-16,25-26H,7-12,17-18H2,1-6H3;2*4-6H,1-3H3/t25-,26?,29?,30?;;/m1../s1. The topological polar surface area (TPSA) is 0 Å². The Kier molecular flexibility index (Phi) is 14.1. The van der Waals surface area contributed by atoms with Gasteiger partial charge in [-0.25, -0.2) is 0 Å². The fourth-order valence-electron chi connectivity index (χ4n) is 8.90. The molecular formula is C46H64P2. The summed E-state index contributed by atoms with van der Waals surface area (Å²) in [6, 6.07) is 22.7. The molecule has 0 saturated carbocycles. The van der Waals surface area contributed by atoms with Gasteiger partial charge in [-0.1, -0.05) is 105 Å². The van der Waals surface area contributed by atoms with Crippen LogP contribution in [0, 0.1) is 83.1 Å². The normalized spacial score (nSPS) is 20.2. The zero-order chi connectivity index (χ0) is 35.1.